The molecule has 0 saturated carbocycles. The lowest BCUT2D eigenvalue weighted by Crippen LogP contribution is -2.06. The fourth-order valence-corrected chi connectivity index (χ4v) is 2.22. The minimum Gasteiger partial charge on any atom is -0.302 e. The lowest BCUT2D eigenvalue weighted by Gasteiger charge is -2.09. The molecule has 0 unspecified atom stereocenters. The zero-order valence-corrected chi connectivity index (χ0v) is 11.6. The summed E-state index contributed by atoms with van der Waals surface area (Å²) >= 11 is 6.06. The summed E-state index contributed by atoms with van der Waals surface area (Å²) in [6.07, 6.45) is 2.09. The van der Waals surface area contributed by atoms with E-state index in [-0.39, 0.29) is 0 Å². The van der Waals surface area contributed by atoms with Crippen molar-refractivity contribution in [1.29, 1.82) is 0 Å². The van der Waals surface area contributed by atoms with E-state index in [4.69, 9.17) is 11.6 Å². The molecule has 1 aromatic carbocycles. The van der Waals surface area contributed by atoms with Gasteiger partial charge in [0, 0.05) is 12.5 Å². The van der Waals surface area contributed by atoms with Crippen LogP contribution in [0.15, 0.2) is 30.3 Å². The van der Waals surface area contributed by atoms with E-state index in [9.17, 15) is 0 Å². The van der Waals surface area contributed by atoms with Gasteiger partial charge >= 0.3 is 0 Å². The van der Waals surface area contributed by atoms with E-state index in [2.05, 4.69) is 48.3 Å². The Hall–Kier alpha value is -1.35. The molecule has 0 amide bonds. The van der Waals surface area contributed by atoms with Crippen LogP contribution in [0, 0.1) is 0 Å². The first-order chi connectivity index (χ1) is 8.68. The third kappa shape index (κ3) is 3.10. The molecule has 0 fully saturated rings. The molecule has 0 spiro atoms. The Labute approximate surface area is 113 Å². The molecule has 1 heterocycles. The van der Waals surface area contributed by atoms with Crippen LogP contribution < -0.4 is 0 Å². The van der Waals surface area contributed by atoms with Crippen LogP contribution >= 0.6 is 11.6 Å². The summed E-state index contributed by atoms with van der Waals surface area (Å²) in [6, 6.07) is 10.5. The SMILES string of the molecule is CC(C)c1nnc(Cl)n1CCCc1ccccc1. The Bertz CT molecular complexity index is 491. The first-order valence-electron chi connectivity index (χ1n) is 6.31. The number of aromatic nitrogens is 3. The molecule has 0 saturated heterocycles. The van der Waals surface area contributed by atoms with Crippen LogP contribution in [0.5, 0.6) is 0 Å². The monoisotopic (exact) mass is 263 g/mol. The molecule has 96 valence electrons. The van der Waals surface area contributed by atoms with E-state index in [1.165, 1.54) is 5.56 Å². The highest BCUT2D eigenvalue weighted by Gasteiger charge is 2.12. The standard InChI is InChI=1S/C14H18ClN3/c1-11(2)13-16-17-14(15)18(13)10-6-9-12-7-4-3-5-8-12/h3-5,7-8,11H,6,9-10H2,1-2H3. The molecular formula is C14H18ClN3. The van der Waals surface area contributed by atoms with Gasteiger partial charge in [-0.15, -0.1) is 10.2 Å². The largest absolute Gasteiger partial charge is 0.302 e. The van der Waals surface area contributed by atoms with Crippen LogP contribution in [-0.2, 0) is 13.0 Å². The lowest BCUT2D eigenvalue weighted by molar-refractivity contribution is 0.589. The van der Waals surface area contributed by atoms with Gasteiger partial charge in [0.1, 0.15) is 5.82 Å². The van der Waals surface area contributed by atoms with Gasteiger partial charge in [-0.05, 0) is 30.0 Å². The number of rotatable bonds is 5. The van der Waals surface area contributed by atoms with Gasteiger partial charge in [-0.1, -0.05) is 44.2 Å². The molecule has 0 aliphatic rings. The zero-order valence-electron chi connectivity index (χ0n) is 10.8. The molecule has 3 nitrogen and oxygen atoms in total. The Morgan fingerprint density at radius 1 is 1.17 bits per heavy atom. The minimum absolute atomic E-state index is 0.349. The quantitative estimate of drug-likeness (QED) is 0.824. The summed E-state index contributed by atoms with van der Waals surface area (Å²) in [5.74, 6) is 1.31. The maximum atomic E-state index is 6.06. The van der Waals surface area contributed by atoms with E-state index in [0.717, 1.165) is 25.2 Å². The summed E-state index contributed by atoms with van der Waals surface area (Å²) < 4.78 is 2.01. The molecule has 18 heavy (non-hydrogen) atoms. The maximum absolute atomic E-state index is 6.06. The second-order valence-electron chi connectivity index (χ2n) is 4.72. The van der Waals surface area contributed by atoms with E-state index < -0.39 is 0 Å². The predicted octanol–water partition coefficient (Wildman–Crippen LogP) is 3.69. The Morgan fingerprint density at radius 3 is 2.56 bits per heavy atom. The fourth-order valence-electron chi connectivity index (χ4n) is 2.01. The zero-order chi connectivity index (χ0) is 13.0. The average molecular weight is 264 g/mol. The Morgan fingerprint density at radius 2 is 1.89 bits per heavy atom. The first kappa shape index (κ1) is 13.1. The molecule has 0 atom stereocenters. The van der Waals surface area contributed by atoms with Gasteiger partial charge in [-0.3, -0.25) is 0 Å². The number of benzene rings is 1. The van der Waals surface area contributed by atoms with Crippen LogP contribution in [0.3, 0.4) is 0 Å². The summed E-state index contributed by atoms with van der Waals surface area (Å²) in [5, 5.41) is 8.56. The van der Waals surface area contributed by atoms with E-state index >= 15 is 0 Å². The average Bonchev–Trinajstić information content (AvgIpc) is 2.73. The second-order valence-corrected chi connectivity index (χ2v) is 5.06. The van der Waals surface area contributed by atoms with Gasteiger partial charge in [0.25, 0.3) is 0 Å². The van der Waals surface area contributed by atoms with Crippen LogP contribution in [-0.4, -0.2) is 14.8 Å². The molecule has 2 rings (SSSR count). The summed E-state index contributed by atoms with van der Waals surface area (Å²) in [7, 11) is 0. The summed E-state index contributed by atoms with van der Waals surface area (Å²) in [5.41, 5.74) is 1.35. The molecule has 0 N–H and O–H groups in total. The van der Waals surface area contributed by atoms with Crippen molar-refractivity contribution in [1.82, 2.24) is 14.8 Å². The molecule has 4 heteroatoms. The van der Waals surface area contributed by atoms with Crippen LogP contribution in [0.2, 0.25) is 5.28 Å². The van der Waals surface area contributed by atoms with Crippen LogP contribution in [0.25, 0.3) is 0 Å². The third-order valence-corrected chi connectivity index (χ3v) is 3.22. The van der Waals surface area contributed by atoms with Crippen LogP contribution in [0.1, 0.15) is 37.6 Å². The molecular weight excluding hydrogens is 246 g/mol. The van der Waals surface area contributed by atoms with Crippen LogP contribution in [0.4, 0.5) is 0 Å². The second kappa shape index (κ2) is 6.01. The summed E-state index contributed by atoms with van der Waals surface area (Å²) in [6.45, 7) is 5.08. The highest BCUT2D eigenvalue weighted by molar-refractivity contribution is 6.28. The van der Waals surface area contributed by atoms with E-state index in [1.807, 2.05) is 10.6 Å². The lowest BCUT2D eigenvalue weighted by atomic mass is 10.1. The van der Waals surface area contributed by atoms with Crippen molar-refractivity contribution >= 4 is 11.6 Å². The van der Waals surface area contributed by atoms with Gasteiger partial charge in [0.15, 0.2) is 0 Å². The van der Waals surface area contributed by atoms with E-state index in [1.54, 1.807) is 0 Å². The normalized spacial score (nSPS) is 11.1. The van der Waals surface area contributed by atoms with Crippen molar-refractivity contribution in [2.24, 2.45) is 0 Å². The third-order valence-electron chi connectivity index (χ3n) is 2.94. The molecule has 0 radical (unpaired) electrons. The summed E-state index contributed by atoms with van der Waals surface area (Å²) in [4.78, 5) is 0. The number of hydrogen-bond acceptors (Lipinski definition) is 2. The number of hydrogen-bond donors (Lipinski definition) is 0. The van der Waals surface area contributed by atoms with Crippen molar-refractivity contribution in [3.05, 3.63) is 47.0 Å². The van der Waals surface area contributed by atoms with Crippen molar-refractivity contribution in [2.75, 3.05) is 0 Å². The topological polar surface area (TPSA) is 30.7 Å². The van der Waals surface area contributed by atoms with Gasteiger partial charge < -0.3 is 4.57 Å². The Balaban J connectivity index is 1.96. The predicted molar refractivity (Wildman–Crippen MR) is 73.9 cm³/mol. The first-order valence-corrected chi connectivity index (χ1v) is 6.69. The Kier molecular flexibility index (Phi) is 4.37. The van der Waals surface area contributed by atoms with Gasteiger partial charge in [0.2, 0.25) is 5.28 Å². The van der Waals surface area contributed by atoms with Crippen molar-refractivity contribution in [2.45, 2.75) is 39.2 Å². The molecule has 0 bridgehead atoms. The maximum Gasteiger partial charge on any atom is 0.225 e. The molecule has 2 aromatic rings. The van der Waals surface area contributed by atoms with E-state index in [0.29, 0.717) is 11.2 Å². The smallest absolute Gasteiger partial charge is 0.225 e. The van der Waals surface area contributed by atoms with Gasteiger partial charge in [-0.25, -0.2) is 0 Å². The molecule has 1 aromatic heterocycles. The van der Waals surface area contributed by atoms with Gasteiger partial charge in [0.05, 0.1) is 0 Å². The number of nitrogens with zero attached hydrogens (tertiary/aromatic N) is 3. The highest BCUT2D eigenvalue weighted by Crippen LogP contribution is 2.17. The van der Waals surface area contributed by atoms with Crippen molar-refractivity contribution < 1.29 is 0 Å². The molecule has 0 aliphatic heterocycles. The van der Waals surface area contributed by atoms with Crippen molar-refractivity contribution in [3.63, 3.8) is 0 Å². The fraction of sp³-hybridized carbons (Fsp3) is 0.429. The number of aryl methyl sites for hydroxylation is 1. The number of halogens is 1. The van der Waals surface area contributed by atoms with Gasteiger partial charge in [-0.2, -0.15) is 0 Å². The minimum atomic E-state index is 0.349. The molecule has 0 aliphatic carbocycles. The van der Waals surface area contributed by atoms with Crippen molar-refractivity contribution in [3.8, 4) is 0 Å². The highest BCUT2D eigenvalue weighted by atomic mass is 35.5.